The maximum Gasteiger partial charge on any atom is 0.209 e. The topological polar surface area (TPSA) is 90.5 Å². The molecule has 0 aliphatic carbocycles. The van der Waals surface area contributed by atoms with Gasteiger partial charge in [0.2, 0.25) is 6.41 Å². The number of carbonyl (C=O) groups is 2. The fraction of sp³-hybridized carbons (Fsp3) is 0.227. The number of nitrogens with two attached hydrogens (primary N) is 1. The number of nitrogen functional groups attached to an aromatic ring is 1. The Labute approximate surface area is 177 Å². The highest BCUT2D eigenvalue weighted by atomic mass is 19.1. The number of amides is 1. The van der Waals surface area contributed by atoms with Crippen LogP contribution in [0.15, 0.2) is 42.5 Å². The van der Waals surface area contributed by atoms with E-state index in [1.807, 2.05) is 0 Å². The molecule has 0 unspecified atom stereocenters. The number of anilines is 1. The van der Waals surface area contributed by atoms with Crippen molar-refractivity contribution in [2.24, 2.45) is 0 Å². The largest absolute Gasteiger partial charge is 0.454 e. The van der Waals surface area contributed by atoms with Crippen molar-refractivity contribution in [2.75, 3.05) is 18.8 Å². The number of aromatic nitrogens is 2. The molecule has 2 N–H and O–H groups in total. The van der Waals surface area contributed by atoms with E-state index in [-0.39, 0.29) is 23.2 Å². The molecule has 2 aromatic carbocycles. The van der Waals surface area contributed by atoms with Crippen LogP contribution in [0.1, 0.15) is 29.2 Å². The van der Waals surface area contributed by atoms with Crippen molar-refractivity contribution >= 4 is 18.5 Å². The van der Waals surface area contributed by atoms with Gasteiger partial charge in [-0.1, -0.05) is 0 Å². The lowest BCUT2D eigenvalue weighted by molar-refractivity contribution is -0.119. The summed E-state index contributed by atoms with van der Waals surface area (Å²) in [5.41, 5.74) is 7.50. The van der Waals surface area contributed by atoms with Crippen LogP contribution in [-0.4, -0.2) is 40.5 Å². The molecule has 0 saturated carbocycles. The van der Waals surface area contributed by atoms with Gasteiger partial charge in [0.25, 0.3) is 0 Å². The van der Waals surface area contributed by atoms with Gasteiger partial charge in [-0.15, -0.1) is 0 Å². The second kappa shape index (κ2) is 8.55. The number of nitrogens with zero attached hydrogens (tertiary/aromatic N) is 3. The van der Waals surface area contributed by atoms with Gasteiger partial charge in [0, 0.05) is 24.7 Å². The summed E-state index contributed by atoms with van der Waals surface area (Å²) in [6, 6.07) is 9.48. The third-order valence-corrected chi connectivity index (χ3v) is 5.28. The summed E-state index contributed by atoms with van der Waals surface area (Å²) in [6.07, 6.45) is 3.08. The minimum absolute atomic E-state index is 0.103. The zero-order valence-electron chi connectivity index (χ0n) is 16.5. The molecule has 31 heavy (non-hydrogen) atoms. The Kier molecular flexibility index (Phi) is 5.66. The number of benzene rings is 2. The molecule has 1 aliphatic rings. The smallest absolute Gasteiger partial charge is 0.209 e. The molecule has 1 saturated heterocycles. The van der Waals surface area contributed by atoms with Gasteiger partial charge >= 0.3 is 0 Å². The van der Waals surface area contributed by atoms with Gasteiger partial charge in [-0.2, -0.15) is 5.10 Å². The van der Waals surface area contributed by atoms with Gasteiger partial charge in [0.05, 0.1) is 11.6 Å². The molecular weight excluding hydrogens is 406 g/mol. The molecule has 0 radical (unpaired) electrons. The second-order valence-corrected chi connectivity index (χ2v) is 7.31. The lowest BCUT2D eigenvalue weighted by atomic mass is 10.1. The summed E-state index contributed by atoms with van der Waals surface area (Å²) in [7, 11) is 0. The fourth-order valence-corrected chi connectivity index (χ4v) is 3.71. The van der Waals surface area contributed by atoms with Crippen LogP contribution in [0.5, 0.6) is 11.5 Å². The molecule has 1 amide bonds. The standard InChI is InChI=1S/C22H20F2N4O3/c23-15-5-8-20(19(24)10-15)31-17-6-3-14(4-7-17)21-18(12-29)22(25)28(26-21)16-2-1-9-27(11-16)13-30/h3-8,10,12-13,16H,1-2,9,11,25H2/t16-/m1/s1. The highest BCUT2D eigenvalue weighted by molar-refractivity contribution is 5.91. The molecule has 160 valence electrons. The maximum atomic E-state index is 13.8. The van der Waals surface area contributed by atoms with Crippen molar-refractivity contribution < 1.29 is 23.1 Å². The minimum Gasteiger partial charge on any atom is -0.454 e. The molecule has 1 aromatic heterocycles. The third kappa shape index (κ3) is 4.11. The van der Waals surface area contributed by atoms with Gasteiger partial charge in [0.15, 0.2) is 17.9 Å². The lowest BCUT2D eigenvalue weighted by Crippen LogP contribution is -2.36. The average molecular weight is 426 g/mol. The van der Waals surface area contributed by atoms with Crippen LogP contribution in [0.25, 0.3) is 11.3 Å². The van der Waals surface area contributed by atoms with Crippen molar-refractivity contribution in [1.82, 2.24) is 14.7 Å². The number of aldehydes is 1. The van der Waals surface area contributed by atoms with E-state index < -0.39 is 11.6 Å². The first-order valence-electron chi connectivity index (χ1n) is 9.76. The zero-order chi connectivity index (χ0) is 22.0. The summed E-state index contributed by atoms with van der Waals surface area (Å²) >= 11 is 0. The van der Waals surface area contributed by atoms with Gasteiger partial charge in [-0.25, -0.2) is 13.5 Å². The number of ether oxygens (including phenoxy) is 1. The molecule has 7 nitrogen and oxygen atoms in total. The molecule has 0 bridgehead atoms. The van der Waals surface area contributed by atoms with E-state index in [1.54, 1.807) is 33.8 Å². The van der Waals surface area contributed by atoms with E-state index in [1.165, 1.54) is 6.07 Å². The van der Waals surface area contributed by atoms with Crippen LogP contribution in [0.3, 0.4) is 0 Å². The van der Waals surface area contributed by atoms with Gasteiger partial charge in [-0.05, 0) is 49.2 Å². The highest BCUT2D eigenvalue weighted by Gasteiger charge is 2.26. The SMILES string of the molecule is Nc1c(C=O)c(-c2ccc(Oc3ccc(F)cc3F)cc2)nn1[C@@H]1CCCN(C=O)C1. The van der Waals surface area contributed by atoms with E-state index in [2.05, 4.69) is 5.10 Å². The minimum atomic E-state index is -0.810. The Morgan fingerprint density at radius 1 is 1.13 bits per heavy atom. The van der Waals surface area contributed by atoms with Crippen molar-refractivity contribution in [1.29, 1.82) is 0 Å². The first kappa shape index (κ1) is 20.5. The third-order valence-electron chi connectivity index (χ3n) is 5.28. The molecule has 4 rings (SSSR count). The first-order chi connectivity index (χ1) is 15.0. The fourth-order valence-electron chi connectivity index (χ4n) is 3.71. The van der Waals surface area contributed by atoms with Crippen molar-refractivity contribution in [3.63, 3.8) is 0 Å². The van der Waals surface area contributed by atoms with E-state index >= 15 is 0 Å². The number of halogens is 2. The lowest BCUT2D eigenvalue weighted by Gasteiger charge is -2.30. The van der Waals surface area contributed by atoms with Gasteiger partial charge in [0.1, 0.15) is 23.1 Å². The number of rotatable bonds is 6. The van der Waals surface area contributed by atoms with Crippen LogP contribution in [0.4, 0.5) is 14.6 Å². The Balaban J connectivity index is 1.60. The summed E-state index contributed by atoms with van der Waals surface area (Å²) < 4.78 is 33.9. The monoisotopic (exact) mass is 426 g/mol. The Morgan fingerprint density at radius 2 is 1.90 bits per heavy atom. The first-order valence-corrected chi connectivity index (χ1v) is 9.76. The molecule has 9 heteroatoms. The highest BCUT2D eigenvalue weighted by Crippen LogP contribution is 2.33. The van der Waals surface area contributed by atoms with Crippen LogP contribution < -0.4 is 10.5 Å². The Morgan fingerprint density at radius 3 is 2.58 bits per heavy atom. The maximum absolute atomic E-state index is 13.8. The Hall–Kier alpha value is -3.75. The molecule has 2 heterocycles. The molecule has 0 spiro atoms. The van der Waals surface area contributed by atoms with Crippen molar-refractivity contribution in [3.8, 4) is 22.8 Å². The zero-order valence-corrected chi connectivity index (χ0v) is 16.5. The van der Waals surface area contributed by atoms with E-state index in [4.69, 9.17) is 10.5 Å². The van der Waals surface area contributed by atoms with Crippen molar-refractivity contribution in [2.45, 2.75) is 18.9 Å². The van der Waals surface area contributed by atoms with E-state index in [0.29, 0.717) is 36.4 Å². The van der Waals surface area contributed by atoms with Crippen molar-refractivity contribution in [3.05, 3.63) is 59.7 Å². The Bertz CT molecular complexity index is 1110. The second-order valence-electron chi connectivity index (χ2n) is 7.31. The number of hydrogen-bond donors (Lipinski definition) is 1. The quantitative estimate of drug-likeness (QED) is 0.606. The summed E-state index contributed by atoms with van der Waals surface area (Å²) in [5.74, 6) is -1.02. The number of piperidine rings is 1. The van der Waals surface area contributed by atoms with Gasteiger partial charge < -0.3 is 15.4 Å². The summed E-state index contributed by atoms with van der Waals surface area (Å²) in [4.78, 5) is 24.5. The molecular formula is C22H20F2N4O3. The van der Waals surface area contributed by atoms with Crippen LogP contribution in [-0.2, 0) is 4.79 Å². The average Bonchev–Trinajstić information content (AvgIpc) is 3.12. The predicted molar refractivity (Wildman–Crippen MR) is 110 cm³/mol. The normalized spacial score (nSPS) is 16.2. The predicted octanol–water partition coefficient (Wildman–Crippen LogP) is 3.81. The van der Waals surface area contributed by atoms with Crippen LogP contribution in [0.2, 0.25) is 0 Å². The molecule has 3 aromatic rings. The van der Waals surface area contributed by atoms with Gasteiger partial charge in [-0.3, -0.25) is 9.59 Å². The summed E-state index contributed by atoms with van der Waals surface area (Å²) in [5, 5.41) is 4.56. The van der Waals surface area contributed by atoms with Crippen LogP contribution >= 0.6 is 0 Å². The summed E-state index contributed by atoms with van der Waals surface area (Å²) in [6.45, 7) is 1.16. The molecule has 1 atom stereocenters. The number of likely N-dealkylation sites (tertiary alicyclic amines) is 1. The molecule has 1 fully saturated rings. The van der Waals surface area contributed by atoms with E-state index in [0.717, 1.165) is 31.4 Å². The number of carbonyl (C=O) groups excluding carboxylic acids is 2. The van der Waals surface area contributed by atoms with Crippen LogP contribution in [0, 0.1) is 11.6 Å². The van der Waals surface area contributed by atoms with E-state index in [9.17, 15) is 18.4 Å². The molecule has 1 aliphatic heterocycles. The number of hydrogen-bond acceptors (Lipinski definition) is 5.